The van der Waals surface area contributed by atoms with Gasteiger partial charge in [0.1, 0.15) is 16.9 Å². The van der Waals surface area contributed by atoms with Gasteiger partial charge in [-0.15, -0.1) is 0 Å². The third-order valence-electron chi connectivity index (χ3n) is 6.57. The minimum Gasteiger partial charge on any atom is -0.490 e. The molecule has 8 heteroatoms. The van der Waals surface area contributed by atoms with Crippen LogP contribution in [-0.4, -0.2) is 43.6 Å². The molecule has 4 aromatic heterocycles. The second-order valence-corrected chi connectivity index (χ2v) is 9.67. The van der Waals surface area contributed by atoms with Gasteiger partial charge in [0.2, 0.25) is 0 Å². The van der Waals surface area contributed by atoms with E-state index in [1.807, 2.05) is 42.6 Å². The largest absolute Gasteiger partial charge is 0.490 e. The lowest BCUT2D eigenvalue weighted by molar-refractivity contribution is 0.0154. The Hall–Kier alpha value is -3.52. The third kappa shape index (κ3) is 3.24. The maximum atomic E-state index is 13.4. The Morgan fingerprint density at radius 2 is 2.06 bits per heavy atom. The Bertz CT molecular complexity index is 1400. The number of rotatable bonds is 5. The summed E-state index contributed by atoms with van der Waals surface area (Å²) in [6.45, 7) is 6.72. The van der Waals surface area contributed by atoms with Crippen LogP contribution in [0.1, 0.15) is 49.7 Å². The summed E-state index contributed by atoms with van der Waals surface area (Å²) in [7, 11) is 0. The van der Waals surface area contributed by atoms with Crippen molar-refractivity contribution in [1.29, 1.82) is 0 Å². The topological polar surface area (TPSA) is 90.6 Å². The number of pyridine rings is 3. The molecule has 2 saturated heterocycles. The Morgan fingerprint density at radius 3 is 2.82 bits per heavy atom. The predicted octanol–water partition coefficient (Wildman–Crippen LogP) is 4.14. The fourth-order valence-electron chi connectivity index (χ4n) is 5.21. The number of hydrogen-bond acceptors (Lipinski definition) is 6. The lowest BCUT2D eigenvalue weighted by Crippen LogP contribution is -2.45. The zero-order valence-electron chi connectivity index (χ0n) is 18.8. The average Bonchev–Trinajstić information content (AvgIpc) is 3.43. The number of ether oxygens (including phenoxy) is 2. The molecule has 0 unspecified atom stereocenters. The van der Waals surface area contributed by atoms with E-state index in [9.17, 15) is 4.79 Å². The van der Waals surface area contributed by atoms with Crippen LogP contribution in [0.5, 0.6) is 5.75 Å². The van der Waals surface area contributed by atoms with Crippen molar-refractivity contribution < 1.29 is 14.3 Å². The Balaban J connectivity index is 1.39. The molecule has 4 aromatic rings. The summed E-state index contributed by atoms with van der Waals surface area (Å²) in [5, 5.41) is 2.99. The van der Waals surface area contributed by atoms with E-state index >= 15 is 0 Å². The van der Waals surface area contributed by atoms with E-state index in [0.717, 1.165) is 24.2 Å². The highest BCUT2D eigenvalue weighted by Crippen LogP contribution is 2.58. The van der Waals surface area contributed by atoms with Crippen LogP contribution in [-0.2, 0) is 10.2 Å². The maximum absolute atomic E-state index is 13.4. The third-order valence-corrected chi connectivity index (χ3v) is 6.57. The van der Waals surface area contributed by atoms with E-state index in [1.165, 1.54) is 0 Å². The number of nitrogens with one attached hydrogen (secondary N) is 1. The minimum absolute atomic E-state index is 0.0197. The van der Waals surface area contributed by atoms with E-state index in [0.29, 0.717) is 34.6 Å². The lowest BCUT2D eigenvalue weighted by atomic mass is 9.62. The number of hydrogen-bond donors (Lipinski definition) is 1. The molecule has 1 amide bonds. The monoisotopic (exact) mass is 443 g/mol. The molecule has 1 saturated carbocycles. The van der Waals surface area contributed by atoms with Crippen molar-refractivity contribution in [1.82, 2.24) is 19.4 Å². The molecule has 8 nitrogen and oxygen atoms in total. The summed E-state index contributed by atoms with van der Waals surface area (Å²) >= 11 is 0. The highest BCUT2D eigenvalue weighted by molar-refractivity contribution is 6.09. The van der Waals surface area contributed by atoms with Crippen molar-refractivity contribution in [3.8, 4) is 5.75 Å². The van der Waals surface area contributed by atoms with Gasteiger partial charge in [-0.25, -0.2) is 4.98 Å². The summed E-state index contributed by atoms with van der Waals surface area (Å²) in [6.07, 6.45) is 9.02. The van der Waals surface area contributed by atoms with Crippen molar-refractivity contribution in [3.63, 3.8) is 0 Å². The van der Waals surface area contributed by atoms with Gasteiger partial charge in [0.15, 0.2) is 0 Å². The molecule has 0 atom stereocenters. The van der Waals surface area contributed by atoms with Crippen LogP contribution in [0.4, 0.5) is 5.69 Å². The van der Waals surface area contributed by atoms with Crippen LogP contribution in [0.15, 0.2) is 49.1 Å². The zero-order valence-corrected chi connectivity index (χ0v) is 18.8. The van der Waals surface area contributed by atoms with E-state index in [1.54, 1.807) is 24.7 Å². The highest BCUT2D eigenvalue weighted by atomic mass is 16.5. The van der Waals surface area contributed by atoms with Crippen LogP contribution >= 0.6 is 0 Å². The number of aromatic nitrogens is 4. The van der Waals surface area contributed by atoms with Gasteiger partial charge in [0.25, 0.3) is 5.91 Å². The molecular formula is C25H25N5O3. The molecule has 2 bridgehead atoms. The second-order valence-electron chi connectivity index (χ2n) is 9.67. The molecule has 168 valence electrons. The van der Waals surface area contributed by atoms with Crippen molar-refractivity contribution in [2.75, 3.05) is 11.9 Å². The van der Waals surface area contributed by atoms with Crippen LogP contribution in [0.3, 0.4) is 0 Å². The van der Waals surface area contributed by atoms with Gasteiger partial charge in [-0.3, -0.25) is 14.8 Å². The Kier molecular flexibility index (Phi) is 4.26. The first-order valence-electron chi connectivity index (χ1n) is 11.2. The first kappa shape index (κ1) is 20.1. The fraction of sp³-hybridized carbons (Fsp3) is 0.360. The number of amides is 1. The van der Waals surface area contributed by atoms with Gasteiger partial charge in [-0.1, -0.05) is 0 Å². The van der Waals surface area contributed by atoms with Crippen molar-refractivity contribution in [2.24, 2.45) is 0 Å². The summed E-state index contributed by atoms with van der Waals surface area (Å²) in [4.78, 5) is 27.0. The molecule has 0 spiro atoms. The van der Waals surface area contributed by atoms with Crippen molar-refractivity contribution in [2.45, 2.75) is 50.7 Å². The normalized spacial score (nSPS) is 23.8. The van der Waals surface area contributed by atoms with Gasteiger partial charge < -0.3 is 19.2 Å². The van der Waals surface area contributed by atoms with Crippen molar-refractivity contribution >= 4 is 28.3 Å². The number of carbonyl (C=O) groups is 1. The van der Waals surface area contributed by atoms with E-state index in [2.05, 4.69) is 22.2 Å². The molecule has 3 aliphatic rings. The first-order valence-corrected chi connectivity index (χ1v) is 11.2. The van der Waals surface area contributed by atoms with Gasteiger partial charge in [-0.05, 0) is 51.8 Å². The lowest BCUT2D eigenvalue weighted by Gasteiger charge is -2.41. The van der Waals surface area contributed by atoms with Gasteiger partial charge in [0.05, 0.1) is 40.8 Å². The molecule has 1 aliphatic carbocycles. The van der Waals surface area contributed by atoms with Crippen LogP contribution in [0.25, 0.3) is 16.7 Å². The molecular weight excluding hydrogens is 418 g/mol. The number of carbonyl (C=O) groups excluding carboxylic acids is 1. The van der Waals surface area contributed by atoms with E-state index in [-0.39, 0.29) is 23.0 Å². The van der Waals surface area contributed by atoms with E-state index < -0.39 is 0 Å². The van der Waals surface area contributed by atoms with Gasteiger partial charge in [-0.2, -0.15) is 0 Å². The Morgan fingerprint density at radius 1 is 1.21 bits per heavy atom. The SMILES string of the molecule is CC(C)Oc1cc2nc(C34COC(C)(C3)C4)cn2cc1C(=O)Nc1ccnc2cccnc12. The molecule has 2 aliphatic heterocycles. The molecule has 33 heavy (non-hydrogen) atoms. The predicted molar refractivity (Wildman–Crippen MR) is 124 cm³/mol. The summed E-state index contributed by atoms with van der Waals surface area (Å²) in [5.74, 6) is 0.219. The molecule has 3 fully saturated rings. The Labute approximate surface area is 191 Å². The van der Waals surface area contributed by atoms with E-state index in [4.69, 9.17) is 14.5 Å². The minimum atomic E-state index is -0.278. The number of imidazole rings is 1. The molecule has 7 rings (SSSR count). The number of anilines is 1. The molecule has 6 heterocycles. The first-order chi connectivity index (χ1) is 15.8. The van der Waals surface area contributed by atoms with Gasteiger partial charge >= 0.3 is 0 Å². The zero-order chi connectivity index (χ0) is 22.8. The maximum Gasteiger partial charge on any atom is 0.261 e. The summed E-state index contributed by atoms with van der Waals surface area (Å²) in [6, 6.07) is 7.27. The van der Waals surface area contributed by atoms with Gasteiger partial charge in [0, 0.05) is 36.3 Å². The van der Waals surface area contributed by atoms with Crippen molar-refractivity contribution in [3.05, 3.63) is 60.3 Å². The molecule has 1 N–H and O–H groups in total. The standard InChI is InChI=1S/C25H25N5O3/c1-15(2)33-19-9-21-29-20(25-12-24(3,13-25)32-14-25)11-30(21)10-16(19)23(31)28-18-6-8-26-17-5-4-7-27-22(17)18/h4-11,15H,12-14H2,1-3H3,(H,26,28,31). The highest BCUT2D eigenvalue weighted by Gasteiger charge is 2.61. The molecule has 0 radical (unpaired) electrons. The number of nitrogens with zero attached hydrogens (tertiary/aromatic N) is 4. The van der Waals surface area contributed by atoms with Crippen LogP contribution in [0.2, 0.25) is 0 Å². The fourth-order valence-corrected chi connectivity index (χ4v) is 5.21. The average molecular weight is 444 g/mol. The molecule has 0 aromatic carbocycles. The quantitative estimate of drug-likeness (QED) is 0.499. The van der Waals surface area contributed by atoms with Crippen LogP contribution in [0, 0.1) is 0 Å². The smallest absolute Gasteiger partial charge is 0.261 e. The summed E-state index contributed by atoms with van der Waals surface area (Å²) in [5.41, 5.74) is 4.10. The van der Waals surface area contributed by atoms with Crippen LogP contribution < -0.4 is 10.1 Å². The summed E-state index contributed by atoms with van der Waals surface area (Å²) < 4.78 is 13.9. The number of fused-ring (bicyclic) bond motifs is 3. The second kappa shape index (κ2) is 6.99.